The molecule has 0 N–H and O–H groups in total. The Morgan fingerprint density at radius 2 is 1.10 bits per heavy atom. The normalized spacial score (nSPS) is 13.6. The molecule has 0 spiro atoms. The average Bonchev–Trinajstić information content (AvgIpc) is 2.94. The van der Waals surface area contributed by atoms with Crippen molar-refractivity contribution in [2.75, 3.05) is 6.61 Å². The van der Waals surface area contributed by atoms with Gasteiger partial charge < -0.3 is 4.74 Å². The van der Waals surface area contributed by atoms with Gasteiger partial charge in [-0.3, -0.25) is 4.18 Å². The van der Waals surface area contributed by atoms with Crippen LogP contribution in [0.3, 0.4) is 0 Å². The lowest BCUT2D eigenvalue weighted by Crippen LogP contribution is -2.37. The minimum absolute atomic E-state index is 0.0530. The molecule has 0 saturated heterocycles. The first kappa shape index (κ1) is 36.1. The zero-order valence-electron chi connectivity index (χ0n) is 25.6. The summed E-state index contributed by atoms with van der Waals surface area (Å²) >= 11 is 0. The summed E-state index contributed by atoms with van der Waals surface area (Å²) in [6.07, 6.45) is 20.7. The summed E-state index contributed by atoms with van der Waals surface area (Å²) in [5, 5.41) is 0. The Kier molecular flexibility index (Phi) is 16.6. The molecule has 0 aliphatic rings. The third kappa shape index (κ3) is 13.9. The van der Waals surface area contributed by atoms with Gasteiger partial charge in [-0.15, -0.1) is 0 Å². The smallest absolute Gasteiger partial charge is 0.494 e. The van der Waals surface area contributed by atoms with Crippen molar-refractivity contribution in [1.29, 1.82) is 0 Å². The molecule has 8 heteroatoms. The number of unbranched alkanes of at least 4 members (excludes halogenated alkanes) is 15. The van der Waals surface area contributed by atoms with Crippen molar-refractivity contribution in [1.82, 2.24) is 0 Å². The molecule has 0 fully saturated rings. The maximum absolute atomic E-state index is 13.1. The van der Waals surface area contributed by atoms with Crippen LogP contribution in [-0.4, -0.2) is 20.5 Å². The molecule has 0 radical (unpaired) electrons. The molecule has 0 aromatic heterocycles. The zero-order valence-corrected chi connectivity index (χ0v) is 26.4. The van der Waals surface area contributed by atoms with Crippen molar-refractivity contribution in [3.8, 4) is 5.75 Å². The van der Waals surface area contributed by atoms with Crippen molar-refractivity contribution in [3.63, 3.8) is 0 Å². The highest BCUT2D eigenvalue weighted by Gasteiger charge is 2.51. The fourth-order valence-corrected chi connectivity index (χ4v) is 5.93. The second-order valence-electron chi connectivity index (χ2n) is 11.6. The van der Waals surface area contributed by atoms with Crippen molar-refractivity contribution in [2.24, 2.45) is 0 Å². The molecule has 0 bridgehead atoms. The van der Waals surface area contributed by atoms with Gasteiger partial charge in [0.25, 0.3) is 0 Å². The lowest BCUT2D eigenvalue weighted by atomic mass is 9.89. The summed E-state index contributed by atoms with van der Waals surface area (Å²) in [7, 11) is -5.80. The summed E-state index contributed by atoms with van der Waals surface area (Å²) in [5.74, 6) is 0.584. The van der Waals surface area contributed by atoms with Crippen LogP contribution < -0.4 is 4.74 Å². The van der Waals surface area contributed by atoms with Crippen LogP contribution in [0.2, 0.25) is 0 Å². The molecule has 2 rings (SSSR count). The fourth-order valence-electron chi connectivity index (χ4n) is 5.20. The number of benzene rings is 2. The van der Waals surface area contributed by atoms with E-state index in [1.807, 2.05) is 0 Å². The number of ether oxygens (including phenoxy) is 1. The van der Waals surface area contributed by atoms with Crippen LogP contribution in [0.25, 0.3) is 0 Å². The van der Waals surface area contributed by atoms with Gasteiger partial charge in [-0.2, -0.15) is 21.6 Å². The van der Waals surface area contributed by atoms with E-state index in [9.17, 15) is 21.6 Å². The van der Waals surface area contributed by atoms with Crippen LogP contribution >= 0.6 is 0 Å². The highest BCUT2D eigenvalue weighted by atomic mass is 32.2. The number of halogens is 3. The molecule has 2 aromatic rings. The Morgan fingerprint density at radius 3 is 1.55 bits per heavy atom. The molecule has 42 heavy (non-hydrogen) atoms. The molecule has 0 saturated carbocycles. The first-order valence-electron chi connectivity index (χ1n) is 15.9. The van der Waals surface area contributed by atoms with Gasteiger partial charge in [0.05, 0.1) is 6.61 Å². The number of hydrogen-bond acceptors (Lipinski definition) is 4. The van der Waals surface area contributed by atoms with E-state index in [2.05, 4.69) is 6.92 Å². The first-order valence-corrected chi connectivity index (χ1v) is 17.3. The quantitative estimate of drug-likeness (QED) is 0.0712. The highest BCUT2D eigenvalue weighted by Crippen LogP contribution is 2.37. The van der Waals surface area contributed by atoms with Crippen LogP contribution in [0.15, 0.2) is 54.6 Å². The van der Waals surface area contributed by atoms with Gasteiger partial charge >= 0.3 is 15.6 Å². The Balaban J connectivity index is 1.67. The van der Waals surface area contributed by atoms with Crippen LogP contribution in [-0.2, 0) is 26.3 Å². The van der Waals surface area contributed by atoms with Crippen molar-refractivity contribution in [2.45, 2.75) is 134 Å². The standard InChI is InChI=1S/C34H51F3O4S/c1-3-4-5-6-7-8-9-10-11-12-13-14-15-16-17-21-28-40-32-26-24-31(25-27-32)33(2,29-30-22-19-18-20-23-30)41-42(38,39)34(35,36)37/h18-20,22-27H,3-17,21,28-29H2,1-2H3. The van der Waals surface area contributed by atoms with Gasteiger partial charge in [0.2, 0.25) is 0 Å². The first-order chi connectivity index (χ1) is 20.1. The van der Waals surface area contributed by atoms with Crippen molar-refractivity contribution < 1.29 is 30.5 Å². The Bertz CT molecular complexity index is 1070. The number of alkyl halides is 3. The van der Waals surface area contributed by atoms with E-state index in [1.165, 1.54) is 96.8 Å². The molecule has 4 nitrogen and oxygen atoms in total. The molecular weight excluding hydrogens is 561 g/mol. The molecule has 0 amide bonds. The molecule has 0 aliphatic carbocycles. The van der Waals surface area contributed by atoms with Gasteiger partial charge in [-0.25, -0.2) is 0 Å². The SMILES string of the molecule is CCCCCCCCCCCCCCCCCCOc1ccc(C(C)(Cc2ccccc2)OS(=O)(=O)C(F)(F)F)cc1. The van der Waals surface area contributed by atoms with Gasteiger partial charge in [0.1, 0.15) is 11.4 Å². The predicted molar refractivity (Wildman–Crippen MR) is 165 cm³/mol. The predicted octanol–water partition coefficient (Wildman–Crippen LogP) is 10.7. The molecule has 238 valence electrons. The van der Waals surface area contributed by atoms with Gasteiger partial charge in [0.15, 0.2) is 0 Å². The van der Waals surface area contributed by atoms with Crippen LogP contribution in [0.1, 0.15) is 128 Å². The topological polar surface area (TPSA) is 52.6 Å². The van der Waals surface area contributed by atoms with E-state index < -0.39 is 21.2 Å². The molecular formula is C34H51F3O4S. The van der Waals surface area contributed by atoms with E-state index in [4.69, 9.17) is 8.92 Å². The second-order valence-corrected chi connectivity index (χ2v) is 13.1. The molecule has 1 unspecified atom stereocenters. The summed E-state index contributed by atoms with van der Waals surface area (Å²) < 4.78 is 73.9. The summed E-state index contributed by atoms with van der Waals surface area (Å²) in [5.41, 5.74) is -6.29. The van der Waals surface area contributed by atoms with E-state index in [1.54, 1.807) is 54.6 Å². The molecule has 1 atom stereocenters. The third-order valence-corrected chi connectivity index (χ3v) is 8.85. The van der Waals surface area contributed by atoms with E-state index >= 15 is 0 Å². The fraction of sp³-hybridized carbons (Fsp3) is 0.647. The lowest BCUT2D eigenvalue weighted by molar-refractivity contribution is -0.0647. The zero-order chi connectivity index (χ0) is 30.7. The summed E-state index contributed by atoms with van der Waals surface area (Å²) in [6.45, 7) is 4.17. The maximum atomic E-state index is 13.1. The minimum atomic E-state index is -5.80. The number of rotatable bonds is 23. The largest absolute Gasteiger partial charge is 0.523 e. The highest BCUT2D eigenvalue weighted by molar-refractivity contribution is 7.87. The van der Waals surface area contributed by atoms with Crippen LogP contribution in [0.4, 0.5) is 13.2 Å². The molecule has 0 heterocycles. The van der Waals surface area contributed by atoms with Gasteiger partial charge in [0, 0.05) is 6.42 Å². The van der Waals surface area contributed by atoms with Crippen LogP contribution in [0, 0.1) is 0 Å². The van der Waals surface area contributed by atoms with E-state index in [0.717, 1.165) is 12.8 Å². The minimum Gasteiger partial charge on any atom is -0.494 e. The van der Waals surface area contributed by atoms with Gasteiger partial charge in [-0.05, 0) is 36.6 Å². The lowest BCUT2D eigenvalue weighted by Gasteiger charge is -2.30. The summed E-state index contributed by atoms with van der Waals surface area (Å²) in [6, 6.07) is 15.1. The van der Waals surface area contributed by atoms with Crippen molar-refractivity contribution >= 4 is 10.1 Å². The van der Waals surface area contributed by atoms with E-state index in [-0.39, 0.29) is 6.42 Å². The average molecular weight is 613 g/mol. The maximum Gasteiger partial charge on any atom is 0.523 e. The van der Waals surface area contributed by atoms with E-state index in [0.29, 0.717) is 23.5 Å². The monoisotopic (exact) mass is 612 g/mol. The Morgan fingerprint density at radius 1 is 0.643 bits per heavy atom. The molecule has 0 aliphatic heterocycles. The summed E-state index contributed by atoms with van der Waals surface area (Å²) in [4.78, 5) is 0. The van der Waals surface area contributed by atoms with Crippen molar-refractivity contribution in [3.05, 3.63) is 65.7 Å². The Hall–Kier alpha value is -2.06. The molecule has 2 aromatic carbocycles. The number of hydrogen-bond donors (Lipinski definition) is 0. The third-order valence-electron chi connectivity index (χ3n) is 7.69. The second kappa shape index (κ2) is 19.3. The van der Waals surface area contributed by atoms with Crippen LogP contribution in [0.5, 0.6) is 5.75 Å². The van der Waals surface area contributed by atoms with Gasteiger partial charge in [-0.1, -0.05) is 146 Å². The Labute approximate surface area is 252 Å².